The molecule has 1 aromatic carbocycles. The molecular weight excluding hydrogens is 218 g/mol. The first-order valence-corrected chi connectivity index (χ1v) is 6.59. The fourth-order valence-electron chi connectivity index (χ4n) is 2.21. The van der Waals surface area contributed by atoms with Gasteiger partial charge in [0.1, 0.15) is 0 Å². The van der Waals surface area contributed by atoms with Crippen molar-refractivity contribution in [3.05, 3.63) is 34.9 Å². The quantitative estimate of drug-likeness (QED) is 0.775. The highest BCUT2D eigenvalue weighted by molar-refractivity contribution is 6.30. The summed E-state index contributed by atoms with van der Waals surface area (Å²) >= 11 is 5.92. The summed E-state index contributed by atoms with van der Waals surface area (Å²) in [5.41, 5.74) is 1.35. The van der Waals surface area contributed by atoms with E-state index in [9.17, 15) is 0 Å². The second kappa shape index (κ2) is 6.93. The van der Waals surface area contributed by atoms with Gasteiger partial charge in [0.15, 0.2) is 0 Å². The minimum absolute atomic E-state index is 0.456. The molecule has 0 saturated heterocycles. The van der Waals surface area contributed by atoms with Crippen LogP contribution in [0.3, 0.4) is 0 Å². The maximum absolute atomic E-state index is 5.92. The van der Waals surface area contributed by atoms with E-state index >= 15 is 0 Å². The Morgan fingerprint density at radius 1 is 1.06 bits per heavy atom. The number of hydrogen-bond acceptors (Lipinski definition) is 1. The molecule has 2 heteroatoms. The summed E-state index contributed by atoms with van der Waals surface area (Å²) < 4.78 is 0. The molecule has 1 aromatic rings. The molecule has 0 aliphatic rings. The van der Waals surface area contributed by atoms with Gasteiger partial charge in [0, 0.05) is 11.1 Å². The monoisotopic (exact) mass is 239 g/mol. The van der Waals surface area contributed by atoms with Crippen molar-refractivity contribution in [3.63, 3.8) is 0 Å². The van der Waals surface area contributed by atoms with Crippen LogP contribution in [0.2, 0.25) is 5.02 Å². The molecule has 1 unspecified atom stereocenters. The maximum atomic E-state index is 5.92. The maximum Gasteiger partial charge on any atom is 0.0406 e. The number of halogens is 1. The van der Waals surface area contributed by atoms with Crippen LogP contribution in [-0.2, 0) is 0 Å². The Hall–Kier alpha value is -0.530. The zero-order valence-corrected chi connectivity index (χ0v) is 11.2. The fraction of sp³-hybridized carbons (Fsp3) is 0.571. The van der Waals surface area contributed by atoms with Crippen molar-refractivity contribution in [3.8, 4) is 0 Å². The summed E-state index contributed by atoms with van der Waals surface area (Å²) in [6.45, 7) is 7.68. The second-order valence-corrected chi connectivity index (χ2v) is 4.60. The van der Waals surface area contributed by atoms with Gasteiger partial charge in [-0.25, -0.2) is 0 Å². The van der Waals surface area contributed by atoms with Crippen molar-refractivity contribution < 1.29 is 0 Å². The van der Waals surface area contributed by atoms with Gasteiger partial charge in [-0.1, -0.05) is 57.3 Å². The average molecular weight is 240 g/mol. The molecule has 1 N–H and O–H groups in total. The van der Waals surface area contributed by atoms with Crippen LogP contribution >= 0.6 is 11.6 Å². The van der Waals surface area contributed by atoms with Gasteiger partial charge in [-0.3, -0.25) is 0 Å². The third-order valence-corrected chi connectivity index (χ3v) is 3.43. The highest BCUT2D eigenvalue weighted by Crippen LogP contribution is 2.28. The van der Waals surface area contributed by atoms with E-state index in [0.717, 1.165) is 11.6 Å². The first kappa shape index (κ1) is 13.5. The molecule has 0 fully saturated rings. The predicted octanol–water partition coefficient (Wildman–Crippen LogP) is 4.43. The van der Waals surface area contributed by atoms with Gasteiger partial charge >= 0.3 is 0 Å². The van der Waals surface area contributed by atoms with Crippen molar-refractivity contribution in [1.82, 2.24) is 5.32 Å². The van der Waals surface area contributed by atoms with Gasteiger partial charge in [0.25, 0.3) is 0 Å². The Morgan fingerprint density at radius 2 is 1.62 bits per heavy atom. The van der Waals surface area contributed by atoms with Crippen LogP contribution in [-0.4, -0.2) is 6.54 Å². The third-order valence-electron chi connectivity index (χ3n) is 3.17. The van der Waals surface area contributed by atoms with Gasteiger partial charge < -0.3 is 5.32 Å². The van der Waals surface area contributed by atoms with Gasteiger partial charge in [-0.2, -0.15) is 0 Å². The van der Waals surface area contributed by atoms with Crippen LogP contribution in [0.4, 0.5) is 0 Å². The molecule has 0 saturated carbocycles. The van der Waals surface area contributed by atoms with Gasteiger partial charge in [0.2, 0.25) is 0 Å². The van der Waals surface area contributed by atoms with Crippen LogP contribution in [0.25, 0.3) is 0 Å². The Morgan fingerprint density at radius 3 is 2.06 bits per heavy atom. The summed E-state index contributed by atoms with van der Waals surface area (Å²) in [6, 6.07) is 8.67. The lowest BCUT2D eigenvalue weighted by molar-refractivity contribution is 0.346. The lowest BCUT2D eigenvalue weighted by Crippen LogP contribution is -2.27. The van der Waals surface area contributed by atoms with Crippen molar-refractivity contribution in [2.24, 2.45) is 5.92 Å². The first-order valence-electron chi connectivity index (χ1n) is 6.21. The lowest BCUT2D eigenvalue weighted by atomic mass is 9.89. The molecule has 0 amide bonds. The summed E-state index contributed by atoms with van der Waals surface area (Å²) in [4.78, 5) is 0. The van der Waals surface area contributed by atoms with E-state index in [2.05, 4.69) is 38.2 Å². The smallest absolute Gasteiger partial charge is 0.0406 e. The van der Waals surface area contributed by atoms with E-state index in [1.165, 1.54) is 18.4 Å². The van der Waals surface area contributed by atoms with E-state index in [1.54, 1.807) is 0 Å². The van der Waals surface area contributed by atoms with Crippen LogP contribution in [0.15, 0.2) is 24.3 Å². The molecule has 0 aromatic heterocycles. The summed E-state index contributed by atoms with van der Waals surface area (Å²) in [5.74, 6) is 0.695. The molecule has 1 nitrogen and oxygen atoms in total. The fourth-order valence-corrected chi connectivity index (χ4v) is 2.33. The van der Waals surface area contributed by atoms with E-state index in [-0.39, 0.29) is 0 Å². The zero-order chi connectivity index (χ0) is 12.0. The number of rotatable bonds is 6. The van der Waals surface area contributed by atoms with Crippen LogP contribution in [0.1, 0.15) is 45.2 Å². The zero-order valence-electron chi connectivity index (χ0n) is 10.5. The largest absolute Gasteiger partial charge is 0.310 e. The molecule has 0 aliphatic carbocycles. The average Bonchev–Trinajstić information content (AvgIpc) is 2.31. The molecule has 0 heterocycles. The molecule has 1 rings (SSSR count). The normalized spacial score (nSPS) is 13.1. The Balaban J connectivity index is 2.87. The van der Waals surface area contributed by atoms with E-state index in [4.69, 9.17) is 11.6 Å². The molecule has 16 heavy (non-hydrogen) atoms. The van der Waals surface area contributed by atoms with E-state index in [1.807, 2.05) is 12.1 Å². The summed E-state index contributed by atoms with van der Waals surface area (Å²) in [6.07, 6.45) is 2.41. The molecule has 90 valence electrons. The Labute approximate surface area is 104 Å². The number of hydrogen-bond donors (Lipinski definition) is 1. The minimum atomic E-state index is 0.456. The topological polar surface area (TPSA) is 12.0 Å². The second-order valence-electron chi connectivity index (χ2n) is 4.16. The van der Waals surface area contributed by atoms with Gasteiger partial charge in [0.05, 0.1) is 0 Å². The van der Waals surface area contributed by atoms with Crippen molar-refractivity contribution in [1.29, 1.82) is 0 Å². The number of benzene rings is 1. The highest BCUT2D eigenvalue weighted by atomic mass is 35.5. The SMILES string of the molecule is CCNC(c1ccc(Cl)cc1)C(CC)CC. The molecule has 0 spiro atoms. The molecule has 0 radical (unpaired) electrons. The van der Waals surface area contributed by atoms with Crippen molar-refractivity contribution in [2.75, 3.05) is 6.54 Å². The van der Waals surface area contributed by atoms with Crippen LogP contribution in [0.5, 0.6) is 0 Å². The molecule has 0 bridgehead atoms. The van der Waals surface area contributed by atoms with Gasteiger partial charge in [-0.15, -0.1) is 0 Å². The Kier molecular flexibility index (Phi) is 5.86. The van der Waals surface area contributed by atoms with Gasteiger partial charge in [-0.05, 0) is 30.2 Å². The first-order chi connectivity index (χ1) is 7.72. The third kappa shape index (κ3) is 3.50. The Bertz CT molecular complexity index is 290. The predicted molar refractivity (Wildman–Crippen MR) is 71.9 cm³/mol. The molecular formula is C14H22ClN. The van der Waals surface area contributed by atoms with Crippen LogP contribution < -0.4 is 5.32 Å². The molecule has 1 atom stereocenters. The molecule has 0 aliphatic heterocycles. The lowest BCUT2D eigenvalue weighted by Gasteiger charge is -2.26. The summed E-state index contributed by atoms with van der Waals surface area (Å²) in [5, 5.41) is 4.39. The minimum Gasteiger partial charge on any atom is -0.310 e. The number of nitrogens with one attached hydrogen (secondary N) is 1. The highest BCUT2D eigenvalue weighted by Gasteiger charge is 2.18. The standard InChI is InChI=1S/C14H22ClN/c1-4-11(5-2)14(16-6-3)12-7-9-13(15)10-8-12/h7-11,14,16H,4-6H2,1-3H3. The van der Waals surface area contributed by atoms with E-state index < -0.39 is 0 Å². The summed E-state index contributed by atoms with van der Waals surface area (Å²) in [7, 11) is 0. The van der Waals surface area contributed by atoms with Crippen molar-refractivity contribution in [2.45, 2.75) is 39.7 Å². The van der Waals surface area contributed by atoms with Crippen LogP contribution in [0, 0.1) is 5.92 Å². The van der Waals surface area contributed by atoms with Crippen molar-refractivity contribution >= 4 is 11.6 Å². The van der Waals surface area contributed by atoms with E-state index in [0.29, 0.717) is 12.0 Å².